The van der Waals surface area contributed by atoms with Crippen LogP contribution in [0.3, 0.4) is 0 Å². The Morgan fingerprint density at radius 2 is 1.87 bits per heavy atom. The van der Waals surface area contributed by atoms with Crippen molar-refractivity contribution in [2.24, 2.45) is 0 Å². The molecule has 1 saturated carbocycles. The molecule has 2 aromatic carbocycles. The van der Waals surface area contributed by atoms with Crippen LogP contribution in [0, 0.1) is 0 Å². The van der Waals surface area contributed by atoms with Gasteiger partial charge in [0.1, 0.15) is 29.6 Å². The molecule has 3 aromatic rings. The van der Waals surface area contributed by atoms with E-state index in [1.165, 1.54) is 24.1 Å². The van der Waals surface area contributed by atoms with E-state index in [1.807, 2.05) is 0 Å². The van der Waals surface area contributed by atoms with Gasteiger partial charge in [0.05, 0.1) is 25.7 Å². The minimum Gasteiger partial charge on any atom is -0.493 e. The van der Waals surface area contributed by atoms with Crippen LogP contribution in [0.15, 0.2) is 63.3 Å². The molecule has 1 aliphatic heterocycles. The zero-order valence-corrected chi connectivity index (χ0v) is 24.9. The van der Waals surface area contributed by atoms with Crippen LogP contribution in [0.25, 0.3) is 11.0 Å². The molecule has 2 aliphatic carbocycles. The molecule has 0 radical (unpaired) electrons. The van der Waals surface area contributed by atoms with Crippen molar-refractivity contribution in [2.75, 3.05) is 20.3 Å². The molecule has 4 unspecified atom stereocenters. The Bertz CT molecular complexity index is 1710. The lowest BCUT2D eigenvalue weighted by Crippen LogP contribution is -2.58. The maximum Gasteiger partial charge on any atom is 0.349 e. The van der Waals surface area contributed by atoms with Gasteiger partial charge in [-0.3, -0.25) is 14.4 Å². The summed E-state index contributed by atoms with van der Waals surface area (Å²) in [6.45, 7) is -0.310. The Labute approximate surface area is 259 Å². The normalized spacial score (nSPS) is 22.8. The van der Waals surface area contributed by atoms with Gasteiger partial charge in [-0.05, 0) is 43.2 Å². The van der Waals surface area contributed by atoms with Gasteiger partial charge < -0.3 is 34.3 Å². The largest absolute Gasteiger partial charge is 0.493 e. The molecule has 11 nitrogen and oxygen atoms in total. The molecule has 0 saturated heterocycles. The summed E-state index contributed by atoms with van der Waals surface area (Å²) in [4.78, 5) is 54.7. The number of aliphatic hydroxyl groups excluding tert-OH is 2. The van der Waals surface area contributed by atoms with E-state index in [-0.39, 0.29) is 36.1 Å². The van der Waals surface area contributed by atoms with E-state index in [9.17, 15) is 29.4 Å². The lowest BCUT2D eigenvalue weighted by molar-refractivity contribution is -0.118. The van der Waals surface area contributed by atoms with Gasteiger partial charge in [-0.15, -0.1) is 0 Å². The number of ether oxygens (including phenoxy) is 2. The standard InChI is InChI=1S/C34H36N2O9/c1-43-27-15-19(18-38)14-22-28-23(32(40)35-12-13-37)17-25(29(39)31(28)45-30(22)27)36(21-9-4-2-3-5-10-21)33(41)24-16-20-8-6-7-11-26(20)44-34(24)42/h6-8,11,14-18,21,25,28-29,31,37,39H,2-5,9-10,12-13H2,1H3,(H,35,40). The van der Waals surface area contributed by atoms with Crippen molar-refractivity contribution in [2.45, 2.75) is 68.7 Å². The highest BCUT2D eigenvalue weighted by Gasteiger charge is 2.52. The number of para-hydroxylation sites is 1. The summed E-state index contributed by atoms with van der Waals surface area (Å²) in [6.07, 6.45) is 4.91. The molecule has 3 N–H and O–H groups in total. The van der Waals surface area contributed by atoms with Crippen LogP contribution in [0.2, 0.25) is 0 Å². The fraction of sp³-hybridized carbons (Fsp3) is 0.412. The van der Waals surface area contributed by atoms with Gasteiger partial charge in [0.25, 0.3) is 5.91 Å². The molecule has 1 aromatic heterocycles. The zero-order valence-electron chi connectivity index (χ0n) is 24.9. The number of carbonyl (C=O) groups is 3. The molecule has 45 heavy (non-hydrogen) atoms. The van der Waals surface area contributed by atoms with Crippen LogP contribution >= 0.6 is 0 Å². The molecule has 6 rings (SSSR count). The second-order valence-corrected chi connectivity index (χ2v) is 11.7. The lowest BCUT2D eigenvalue weighted by atomic mass is 9.76. The monoisotopic (exact) mass is 616 g/mol. The fourth-order valence-electron chi connectivity index (χ4n) is 6.96. The summed E-state index contributed by atoms with van der Waals surface area (Å²) >= 11 is 0. The van der Waals surface area contributed by atoms with E-state index in [0.717, 1.165) is 25.7 Å². The summed E-state index contributed by atoms with van der Waals surface area (Å²) in [5.41, 5.74) is 0.404. The van der Waals surface area contributed by atoms with Crippen molar-refractivity contribution in [1.29, 1.82) is 0 Å². The van der Waals surface area contributed by atoms with Crippen molar-refractivity contribution in [3.8, 4) is 11.5 Å². The third-order valence-electron chi connectivity index (χ3n) is 9.06. The van der Waals surface area contributed by atoms with Crippen LogP contribution in [-0.2, 0) is 4.79 Å². The number of aldehydes is 1. The molecule has 2 amide bonds. The highest BCUT2D eigenvalue weighted by atomic mass is 16.5. The Morgan fingerprint density at radius 3 is 2.58 bits per heavy atom. The topological polar surface area (TPSA) is 156 Å². The van der Waals surface area contributed by atoms with Crippen LogP contribution in [-0.4, -0.2) is 77.8 Å². The van der Waals surface area contributed by atoms with Crippen molar-refractivity contribution in [1.82, 2.24) is 10.2 Å². The third-order valence-corrected chi connectivity index (χ3v) is 9.06. The van der Waals surface area contributed by atoms with Gasteiger partial charge in [0, 0.05) is 34.7 Å². The second kappa shape index (κ2) is 12.9. The molecule has 2 heterocycles. The summed E-state index contributed by atoms with van der Waals surface area (Å²) in [7, 11) is 1.43. The second-order valence-electron chi connectivity index (χ2n) is 11.7. The summed E-state index contributed by atoms with van der Waals surface area (Å²) in [5.74, 6) is -1.35. The van der Waals surface area contributed by atoms with Crippen molar-refractivity contribution >= 4 is 29.1 Å². The minimum atomic E-state index is -1.32. The first kappa shape index (κ1) is 30.5. The average molecular weight is 617 g/mol. The van der Waals surface area contributed by atoms with Crippen LogP contribution in [0.1, 0.15) is 70.7 Å². The molecule has 236 valence electrons. The van der Waals surface area contributed by atoms with E-state index in [4.69, 9.17) is 13.9 Å². The van der Waals surface area contributed by atoms with Crippen molar-refractivity contribution in [3.05, 3.63) is 81.2 Å². The predicted molar refractivity (Wildman–Crippen MR) is 164 cm³/mol. The summed E-state index contributed by atoms with van der Waals surface area (Å²) in [6, 6.07) is 10.2. The number of hydrogen-bond acceptors (Lipinski definition) is 9. The molecule has 0 bridgehead atoms. The quantitative estimate of drug-likeness (QED) is 0.197. The summed E-state index contributed by atoms with van der Waals surface area (Å²) in [5, 5.41) is 24.7. The molecule has 1 fully saturated rings. The maximum atomic E-state index is 14.5. The number of hydrogen-bond donors (Lipinski definition) is 3. The van der Waals surface area contributed by atoms with E-state index < -0.39 is 41.6 Å². The number of rotatable bonds is 8. The maximum absolute atomic E-state index is 14.5. The van der Waals surface area contributed by atoms with Crippen molar-refractivity contribution in [3.63, 3.8) is 0 Å². The first-order chi connectivity index (χ1) is 21.9. The van der Waals surface area contributed by atoms with Gasteiger partial charge in [-0.25, -0.2) is 4.79 Å². The highest BCUT2D eigenvalue weighted by Crippen LogP contribution is 2.51. The van der Waals surface area contributed by atoms with E-state index in [0.29, 0.717) is 47.0 Å². The van der Waals surface area contributed by atoms with Crippen molar-refractivity contribution < 1.29 is 38.5 Å². The first-order valence-corrected chi connectivity index (χ1v) is 15.3. The number of methoxy groups -OCH3 is 1. The summed E-state index contributed by atoms with van der Waals surface area (Å²) < 4.78 is 17.3. The Hall–Kier alpha value is -4.48. The number of nitrogens with zero attached hydrogens (tertiary/aromatic N) is 1. The van der Waals surface area contributed by atoms with Crippen LogP contribution in [0.5, 0.6) is 11.5 Å². The smallest absolute Gasteiger partial charge is 0.349 e. The SMILES string of the molecule is COc1cc(C=O)cc2c1OC1C2C(C(=O)NCCO)=CC(N(C(=O)c2cc3ccccc3oc2=O)C2CCCCCC2)C1O. The van der Waals surface area contributed by atoms with Gasteiger partial charge in [0.15, 0.2) is 11.5 Å². The molecule has 3 aliphatic rings. The van der Waals surface area contributed by atoms with Crippen LogP contribution in [0.4, 0.5) is 0 Å². The Morgan fingerprint density at radius 1 is 1.11 bits per heavy atom. The van der Waals surface area contributed by atoms with E-state index in [2.05, 4.69) is 5.32 Å². The fourth-order valence-corrected chi connectivity index (χ4v) is 6.96. The van der Waals surface area contributed by atoms with Crippen LogP contribution < -0.4 is 20.4 Å². The van der Waals surface area contributed by atoms with E-state index in [1.54, 1.807) is 36.4 Å². The highest BCUT2D eigenvalue weighted by molar-refractivity contribution is 5.99. The Kier molecular flexibility index (Phi) is 8.73. The minimum absolute atomic E-state index is 0.0183. The van der Waals surface area contributed by atoms with E-state index >= 15 is 0 Å². The predicted octanol–water partition coefficient (Wildman–Crippen LogP) is 3.10. The average Bonchev–Trinajstić information content (AvgIpc) is 3.24. The third kappa shape index (κ3) is 5.62. The number of aliphatic hydroxyl groups is 2. The zero-order chi connectivity index (χ0) is 31.7. The molecule has 11 heteroatoms. The van der Waals surface area contributed by atoms with Gasteiger partial charge in [0.2, 0.25) is 5.91 Å². The first-order valence-electron chi connectivity index (χ1n) is 15.3. The lowest BCUT2D eigenvalue weighted by Gasteiger charge is -2.44. The molecular formula is C34H36N2O9. The molecule has 0 spiro atoms. The Balaban J connectivity index is 1.50. The molecule has 4 atom stereocenters. The van der Waals surface area contributed by atoms with Gasteiger partial charge >= 0.3 is 5.63 Å². The number of nitrogens with one attached hydrogen (secondary N) is 1. The number of fused-ring (bicyclic) bond motifs is 4. The van der Waals surface area contributed by atoms with Gasteiger partial charge in [-0.2, -0.15) is 0 Å². The number of benzene rings is 2. The number of carbonyl (C=O) groups excluding carboxylic acids is 3. The molecular weight excluding hydrogens is 580 g/mol. The van der Waals surface area contributed by atoms with Gasteiger partial charge in [-0.1, -0.05) is 43.9 Å². The number of amides is 2.